The Kier molecular flexibility index (Phi) is 2.99. The summed E-state index contributed by atoms with van der Waals surface area (Å²) in [7, 11) is 0. The van der Waals surface area contributed by atoms with Crippen molar-refractivity contribution < 1.29 is 4.79 Å². The van der Waals surface area contributed by atoms with Gasteiger partial charge >= 0.3 is 0 Å². The summed E-state index contributed by atoms with van der Waals surface area (Å²) in [5, 5.41) is 10.3. The van der Waals surface area contributed by atoms with Crippen LogP contribution in [0.3, 0.4) is 0 Å². The van der Waals surface area contributed by atoms with Gasteiger partial charge in [0.15, 0.2) is 5.69 Å². The molecule has 1 aromatic rings. The van der Waals surface area contributed by atoms with Crippen molar-refractivity contribution in [3.63, 3.8) is 0 Å². The fraction of sp³-hybridized carbons (Fsp3) is 0.700. The van der Waals surface area contributed by atoms with Crippen LogP contribution in [-0.2, 0) is 0 Å². The zero-order valence-electron chi connectivity index (χ0n) is 8.99. The van der Waals surface area contributed by atoms with Crippen molar-refractivity contribution in [1.82, 2.24) is 20.3 Å². The fourth-order valence-corrected chi connectivity index (χ4v) is 1.91. The van der Waals surface area contributed by atoms with Gasteiger partial charge in [0.1, 0.15) is 0 Å². The van der Waals surface area contributed by atoms with Crippen LogP contribution in [-0.4, -0.2) is 39.3 Å². The highest BCUT2D eigenvalue weighted by molar-refractivity contribution is 5.93. The van der Waals surface area contributed by atoms with Crippen LogP contribution in [0.4, 0.5) is 0 Å². The van der Waals surface area contributed by atoms with Gasteiger partial charge < -0.3 is 4.90 Å². The van der Waals surface area contributed by atoms with Gasteiger partial charge in [-0.2, -0.15) is 15.4 Å². The molecule has 0 spiro atoms. The zero-order chi connectivity index (χ0) is 10.7. The number of carbonyl (C=O) groups excluding carboxylic acids is 1. The molecule has 1 aliphatic rings. The predicted octanol–water partition coefficient (Wildman–Crippen LogP) is 1.13. The molecule has 0 radical (unpaired) electrons. The topological polar surface area (TPSA) is 61.9 Å². The van der Waals surface area contributed by atoms with Gasteiger partial charge in [-0.15, -0.1) is 0 Å². The highest BCUT2D eigenvalue weighted by atomic mass is 16.2. The van der Waals surface area contributed by atoms with Gasteiger partial charge in [-0.25, -0.2) is 0 Å². The van der Waals surface area contributed by atoms with Gasteiger partial charge in [0.2, 0.25) is 0 Å². The molecule has 0 atom stereocenters. The van der Waals surface area contributed by atoms with Crippen molar-refractivity contribution >= 4 is 5.91 Å². The number of rotatable bonds is 1. The molecule has 2 heterocycles. The number of hydrogen-bond donors (Lipinski definition) is 1. The van der Waals surface area contributed by atoms with E-state index in [-0.39, 0.29) is 5.91 Å². The number of carbonyl (C=O) groups is 1. The van der Waals surface area contributed by atoms with E-state index in [1.807, 2.05) is 4.90 Å². The van der Waals surface area contributed by atoms with E-state index in [9.17, 15) is 4.79 Å². The number of likely N-dealkylation sites (tertiary alicyclic amines) is 1. The lowest BCUT2D eigenvalue weighted by molar-refractivity contribution is 0.0755. The molecule has 0 bridgehead atoms. The van der Waals surface area contributed by atoms with Crippen molar-refractivity contribution in [3.8, 4) is 0 Å². The second kappa shape index (κ2) is 4.42. The first kappa shape index (κ1) is 10.1. The number of aromatic amines is 1. The summed E-state index contributed by atoms with van der Waals surface area (Å²) in [5.41, 5.74) is 1.15. The molecule has 5 nitrogen and oxygen atoms in total. The summed E-state index contributed by atoms with van der Waals surface area (Å²) >= 11 is 0. The van der Waals surface area contributed by atoms with Crippen LogP contribution in [0.2, 0.25) is 0 Å². The van der Waals surface area contributed by atoms with Crippen molar-refractivity contribution in [1.29, 1.82) is 0 Å². The van der Waals surface area contributed by atoms with Gasteiger partial charge in [0, 0.05) is 13.1 Å². The third-order valence-corrected chi connectivity index (χ3v) is 2.82. The van der Waals surface area contributed by atoms with Crippen molar-refractivity contribution in [3.05, 3.63) is 11.4 Å². The van der Waals surface area contributed by atoms with Crippen LogP contribution < -0.4 is 0 Å². The molecule has 2 rings (SSSR count). The Bertz CT molecular complexity index is 339. The van der Waals surface area contributed by atoms with Crippen LogP contribution in [0.1, 0.15) is 41.9 Å². The second-order valence-corrected chi connectivity index (χ2v) is 3.96. The molecule has 0 aliphatic carbocycles. The summed E-state index contributed by atoms with van der Waals surface area (Å²) in [6, 6.07) is 0. The largest absolute Gasteiger partial charge is 0.337 e. The minimum absolute atomic E-state index is 0.0168. The summed E-state index contributed by atoms with van der Waals surface area (Å²) in [4.78, 5) is 13.9. The highest BCUT2D eigenvalue weighted by Crippen LogP contribution is 2.13. The average Bonchev–Trinajstić information content (AvgIpc) is 2.53. The molecule has 1 aliphatic heterocycles. The predicted molar refractivity (Wildman–Crippen MR) is 55.5 cm³/mol. The zero-order valence-corrected chi connectivity index (χ0v) is 8.99. The normalized spacial score (nSPS) is 17.5. The van der Waals surface area contributed by atoms with E-state index < -0.39 is 0 Å². The standard InChI is InChI=1S/C10H16N4O/c1-8-9(12-13-11-8)10(15)14-6-4-2-3-5-7-14/h2-7H2,1H3,(H,11,12,13). The monoisotopic (exact) mass is 208 g/mol. The van der Waals surface area contributed by atoms with Crippen molar-refractivity contribution in [2.24, 2.45) is 0 Å². The lowest BCUT2D eigenvalue weighted by atomic mass is 10.2. The molecule has 5 heteroatoms. The summed E-state index contributed by atoms with van der Waals surface area (Å²) < 4.78 is 0. The third kappa shape index (κ3) is 2.16. The second-order valence-electron chi connectivity index (χ2n) is 3.96. The van der Waals surface area contributed by atoms with E-state index in [2.05, 4.69) is 15.4 Å². The van der Waals surface area contributed by atoms with Crippen LogP contribution in [0.15, 0.2) is 0 Å². The Morgan fingerprint density at radius 3 is 2.40 bits per heavy atom. The first-order chi connectivity index (χ1) is 7.29. The molecule has 1 saturated heterocycles. The van der Waals surface area contributed by atoms with Crippen molar-refractivity contribution in [2.45, 2.75) is 32.6 Å². The maximum atomic E-state index is 12.0. The Balaban J connectivity index is 2.09. The number of nitrogens with zero attached hydrogens (tertiary/aromatic N) is 3. The summed E-state index contributed by atoms with van der Waals surface area (Å²) in [6.45, 7) is 3.50. The molecule has 1 amide bonds. The number of aryl methyl sites for hydroxylation is 1. The van der Waals surface area contributed by atoms with Crippen LogP contribution in [0.5, 0.6) is 0 Å². The van der Waals surface area contributed by atoms with E-state index in [0.29, 0.717) is 11.4 Å². The van der Waals surface area contributed by atoms with Gasteiger partial charge in [-0.1, -0.05) is 12.8 Å². The van der Waals surface area contributed by atoms with E-state index in [0.717, 1.165) is 25.9 Å². The van der Waals surface area contributed by atoms with E-state index in [1.54, 1.807) is 6.92 Å². The molecule has 0 saturated carbocycles. The minimum Gasteiger partial charge on any atom is -0.337 e. The number of H-pyrrole nitrogens is 1. The Hall–Kier alpha value is -1.39. The number of amides is 1. The van der Waals surface area contributed by atoms with Crippen LogP contribution in [0, 0.1) is 6.92 Å². The molecular formula is C10H16N4O. The quantitative estimate of drug-likeness (QED) is 0.752. The van der Waals surface area contributed by atoms with Gasteiger partial charge in [-0.3, -0.25) is 4.79 Å². The number of hydrogen-bond acceptors (Lipinski definition) is 3. The summed E-state index contributed by atoms with van der Waals surface area (Å²) in [6.07, 6.45) is 4.65. The van der Waals surface area contributed by atoms with Gasteiger partial charge in [-0.05, 0) is 19.8 Å². The maximum Gasteiger partial charge on any atom is 0.276 e. The fourth-order valence-electron chi connectivity index (χ4n) is 1.91. The van der Waals surface area contributed by atoms with Gasteiger partial charge in [0.25, 0.3) is 5.91 Å². The molecule has 1 fully saturated rings. The molecule has 1 N–H and O–H groups in total. The highest BCUT2D eigenvalue weighted by Gasteiger charge is 2.21. The molecule has 0 aromatic carbocycles. The lowest BCUT2D eigenvalue weighted by Crippen LogP contribution is -2.32. The number of nitrogens with one attached hydrogen (secondary N) is 1. The van der Waals surface area contributed by atoms with E-state index in [1.165, 1.54) is 12.8 Å². The maximum absolute atomic E-state index is 12.0. The number of aromatic nitrogens is 3. The first-order valence-electron chi connectivity index (χ1n) is 5.45. The van der Waals surface area contributed by atoms with Crippen LogP contribution in [0.25, 0.3) is 0 Å². The minimum atomic E-state index is 0.0168. The Morgan fingerprint density at radius 2 is 1.87 bits per heavy atom. The molecule has 82 valence electrons. The Labute approximate surface area is 88.9 Å². The summed E-state index contributed by atoms with van der Waals surface area (Å²) in [5.74, 6) is 0.0168. The molecule has 15 heavy (non-hydrogen) atoms. The lowest BCUT2D eigenvalue weighted by Gasteiger charge is -2.18. The van der Waals surface area contributed by atoms with Crippen molar-refractivity contribution in [2.75, 3.05) is 13.1 Å². The Morgan fingerprint density at radius 1 is 1.20 bits per heavy atom. The molecule has 0 unspecified atom stereocenters. The average molecular weight is 208 g/mol. The first-order valence-corrected chi connectivity index (χ1v) is 5.45. The van der Waals surface area contributed by atoms with Crippen LogP contribution >= 0.6 is 0 Å². The van der Waals surface area contributed by atoms with Gasteiger partial charge in [0.05, 0.1) is 5.69 Å². The molecule has 1 aromatic heterocycles. The van der Waals surface area contributed by atoms with E-state index >= 15 is 0 Å². The smallest absolute Gasteiger partial charge is 0.276 e. The molecular weight excluding hydrogens is 192 g/mol. The third-order valence-electron chi connectivity index (χ3n) is 2.82. The van der Waals surface area contributed by atoms with E-state index in [4.69, 9.17) is 0 Å². The SMILES string of the molecule is Cc1n[nH]nc1C(=O)N1CCCCCC1.